The molecule has 0 radical (unpaired) electrons. The third-order valence-electron chi connectivity index (χ3n) is 3.55. The number of hydrogen-bond donors (Lipinski definition) is 1. The van der Waals surface area contributed by atoms with Crippen LogP contribution in [0.25, 0.3) is 5.65 Å². The van der Waals surface area contributed by atoms with Crippen molar-refractivity contribution in [3.63, 3.8) is 0 Å². The summed E-state index contributed by atoms with van der Waals surface area (Å²) in [6.07, 6.45) is -2.85. The summed E-state index contributed by atoms with van der Waals surface area (Å²) in [4.78, 5) is 24.0. The second kappa shape index (κ2) is 6.42. The normalized spacial score (nSPS) is 11.6. The molecule has 3 aromatic rings. The highest BCUT2D eigenvalue weighted by Crippen LogP contribution is 2.28. The molecule has 0 aliphatic carbocycles. The zero-order valence-corrected chi connectivity index (χ0v) is 12.8. The molecule has 0 saturated heterocycles. The minimum absolute atomic E-state index is 0.0547. The van der Waals surface area contributed by atoms with E-state index < -0.39 is 23.3 Å². The van der Waals surface area contributed by atoms with E-state index in [2.05, 4.69) is 10.4 Å². The molecule has 0 aliphatic heterocycles. The van der Waals surface area contributed by atoms with E-state index in [1.54, 1.807) is 24.4 Å². The number of benzene rings is 1. The van der Waals surface area contributed by atoms with E-state index in [1.165, 1.54) is 16.5 Å². The van der Waals surface area contributed by atoms with Crippen LogP contribution in [0, 0.1) is 0 Å². The van der Waals surface area contributed by atoms with Crippen LogP contribution in [0.15, 0.2) is 53.5 Å². The number of nitrogens with zero attached hydrogens (tertiary/aromatic N) is 3. The molecule has 0 saturated carbocycles. The number of pyridine rings is 1. The van der Waals surface area contributed by atoms with Crippen LogP contribution >= 0.6 is 0 Å². The summed E-state index contributed by atoms with van der Waals surface area (Å²) >= 11 is 0. The van der Waals surface area contributed by atoms with Crippen LogP contribution in [0.3, 0.4) is 0 Å². The number of carbonyl (C=O) groups is 1. The Morgan fingerprint density at radius 3 is 2.48 bits per heavy atom. The highest BCUT2D eigenvalue weighted by atomic mass is 19.4. The van der Waals surface area contributed by atoms with E-state index in [0.29, 0.717) is 11.2 Å². The number of hydrogen-bond acceptors (Lipinski definition) is 3. The molecule has 0 spiro atoms. The van der Waals surface area contributed by atoms with Crippen molar-refractivity contribution in [2.75, 3.05) is 0 Å². The van der Waals surface area contributed by atoms with Gasteiger partial charge in [-0.05, 0) is 29.8 Å². The van der Waals surface area contributed by atoms with Gasteiger partial charge in [0.1, 0.15) is 6.54 Å². The lowest BCUT2D eigenvalue weighted by atomic mass is 10.1. The van der Waals surface area contributed by atoms with E-state index in [0.717, 1.165) is 16.8 Å². The van der Waals surface area contributed by atoms with Gasteiger partial charge in [-0.3, -0.25) is 9.20 Å². The maximum Gasteiger partial charge on any atom is 0.416 e. The molecule has 1 aromatic carbocycles. The summed E-state index contributed by atoms with van der Waals surface area (Å²) in [5.74, 6) is -0.467. The van der Waals surface area contributed by atoms with E-state index in [4.69, 9.17) is 0 Å². The molecule has 0 atom stereocenters. The Balaban J connectivity index is 1.63. The van der Waals surface area contributed by atoms with Crippen LogP contribution < -0.4 is 11.0 Å². The SMILES string of the molecule is O=C(Cn1nc2ccccn2c1=O)NCc1ccc(C(F)(F)F)cc1. The number of alkyl halides is 3. The van der Waals surface area contributed by atoms with Crippen molar-refractivity contribution in [2.24, 2.45) is 0 Å². The number of aromatic nitrogens is 3. The minimum Gasteiger partial charge on any atom is -0.350 e. The second-order valence-corrected chi connectivity index (χ2v) is 5.34. The van der Waals surface area contributed by atoms with Crippen molar-refractivity contribution in [3.05, 3.63) is 70.3 Å². The number of carbonyl (C=O) groups excluding carboxylic acids is 1. The topological polar surface area (TPSA) is 68.4 Å². The molecular formula is C16H13F3N4O2. The Hall–Kier alpha value is -3.10. The molecule has 0 unspecified atom stereocenters. The van der Waals surface area contributed by atoms with Gasteiger partial charge in [0.25, 0.3) is 0 Å². The van der Waals surface area contributed by atoms with Gasteiger partial charge >= 0.3 is 11.9 Å². The zero-order chi connectivity index (χ0) is 18.0. The lowest BCUT2D eigenvalue weighted by molar-refractivity contribution is -0.137. The molecule has 0 aliphatic rings. The number of halogens is 3. The monoisotopic (exact) mass is 350 g/mol. The van der Waals surface area contributed by atoms with Gasteiger partial charge in [-0.15, -0.1) is 5.10 Å². The molecule has 3 rings (SSSR count). The summed E-state index contributed by atoms with van der Waals surface area (Å²) in [7, 11) is 0. The first-order chi connectivity index (χ1) is 11.8. The molecule has 2 aromatic heterocycles. The third-order valence-corrected chi connectivity index (χ3v) is 3.55. The predicted octanol–water partition coefficient (Wildman–Crippen LogP) is 1.83. The molecular weight excluding hydrogens is 337 g/mol. The Labute approximate surface area is 139 Å². The van der Waals surface area contributed by atoms with E-state index in [-0.39, 0.29) is 13.1 Å². The van der Waals surface area contributed by atoms with Gasteiger partial charge in [0.15, 0.2) is 5.65 Å². The van der Waals surface area contributed by atoms with E-state index in [1.807, 2.05) is 0 Å². The molecule has 25 heavy (non-hydrogen) atoms. The summed E-state index contributed by atoms with van der Waals surface area (Å²) in [6, 6.07) is 9.52. The fourth-order valence-corrected chi connectivity index (χ4v) is 2.28. The highest BCUT2D eigenvalue weighted by molar-refractivity contribution is 5.75. The first-order valence-electron chi connectivity index (χ1n) is 7.31. The second-order valence-electron chi connectivity index (χ2n) is 5.34. The fourth-order valence-electron chi connectivity index (χ4n) is 2.28. The van der Waals surface area contributed by atoms with E-state index >= 15 is 0 Å². The third kappa shape index (κ3) is 3.70. The number of amides is 1. The molecule has 1 N–H and O–H groups in total. The van der Waals surface area contributed by atoms with Crippen molar-refractivity contribution in [1.29, 1.82) is 0 Å². The average molecular weight is 350 g/mol. The van der Waals surface area contributed by atoms with Gasteiger partial charge in [-0.25, -0.2) is 9.48 Å². The maximum atomic E-state index is 12.5. The molecule has 0 bridgehead atoms. The smallest absolute Gasteiger partial charge is 0.350 e. The quantitative estimate of drug-likeness (QED) is 0.781. The minimum atomic E-state index is -4.40. The number of rotatable bonds is 4. The van der Waals surface area contributed by atoms with Gasteiger partial charge in [0, 0.05) is 12.7 Å². The largest absolute Gasteiger partial charge is 0.416 e. The average Bonchev–Trinajstić information content (AvgIpc) is 2.89. The molecule has 9 heteroatoms. The summed E-state index contributed by atoms with van der Waals surface area (Å²) in [6.45, 7) is -0.222. The first kappa shape index (κ1) is 16.7. The van der Waals surface area contributed by atoms with Crippen LogP contribution in [-0.4, -0.2) is 20.1 Å². The predicted molar refractivity (Wildman–Crippen MR) is 82.7 cm³/mol. The van der Waals surface area contributed by atoms with Crippen LogP contribution in [0.5, 0.6) is 0 Å². The highest BCUT2D eigenvalue weighted by Gasteiger charge is 2.29. The molecule has 1 amide bonds. The summed E-state index contributed by atoms with van der Waals surface area (Å²) < 4.78 is 39.8. The van der Waals surface area contributed by atoms with Crippen molar-refractivity contribution in [3.8, 4) is 0 Å². The fraction of sp³-hybridized carbons (Fsp3) is 0.188. The molecule has 0 fully saturated rings. The van der Waals surface area contributed by atoms with Crippen LogP contribution in [0.4, 0.5) is 13.2 Å². The summed E-state index contributed by atoms with van der Waals surface area (Å²) in [5, 5.41) is 6.58. The van der Waals surface area contributed by atoms with Crippen molar-refractivity contribution < 1.29 is 18.0 Å². The Bertz CT molecular complexity index is 958. The Kier molecular flexibility index (Phi) is 4.30. The zero-order valence-electron chi connectivity index (χ0n) is 12.8. The maximum absolute atomic E-state index is 12.5. The van der Waals surface area contributed by atoms with Gasteiger partial charge in [-0.2, -0.15) is 13.2 Å². The lowest BCUT2D eigenvalue weighted by Crippen LogP contribution is -2.32. The number of nitrogens with one attached hydrogen (secondary N) is 1. The van der Waals surface area contributed by atoms with Crippen LogP contribution in [-0.2, 0) is 24.1 Å². The standard InChI is InChI=1S/C16H13F3N4O2/c17-16(18,19)12-6-4-11(5-7-12)9-20-14(24)10-23-15(25)22-8-2-1-3-13(22)21-23/h1-8H,9-10H2,(H,20,24). The van der Waals surface area contributed by atoms with Gasteiger partial charge < -0.3 is 5.32 Å². The van der Waals surface area contributed by atoms with Crippen molar-refractivity contribution >= 4 is 11.6 Å². The lowest BCUT2D eigenvalue weighted by Gasteiger charge is -2.08. The van der Waals surface area contributed by atoms with E-state index in [9.17, 15) is 22.8 Å². The van der Waals surface area contributed by atoms with Crippen LogP contribution in [0.1, 0.15) is 11.1 Å². The summed E-state index contributed by atoms with van der Waals surface area (Å²) in [5.41, 5.74) is -0.258. The van der Waals surface area contributed by atoms with Crippen molar-refractivity contribution in [2.45, 2.75) is 19.3 Å². The molecule has 2 heterocycles. The molecule has 6 nitrogen and oxygen atoms in total. The van der Waals surface area contributed by atoms with Gasteiger partial charge in [0.05, 0.1) is 5.56 Å². The van der Waals surface area contributed by atoms with Gasteiger partial charge in [0.2, 0.25) is 5.91 Å². The Morgan fingerprint density at radius 1 is 1.12 bits per heavy atom. The Morgan fingerprint density at radius 2 is 1.84 bits per heavy atom. The number of fused-ring (bicyclic) bond motifs is 1. The van der Waals surface area contributed by atoms with Crippen molar-refractivity contribution in [1.82, 2.24) is 19.5 Å². The van der Waals surface area contributed by atoms with Crippen LogP contribution in [0.2, 0.25) is 0 Å². The van der Waals surface area contributed by atoms with Gasteiger partial charge in [-0.1, -0.05) is 18.2 Å². The first-order valence-corrected chi connectivity index (χ1v) is 7.31. The molecule has 130 valence electrons.